The lowest BCUT2D eigenvalue weighted by atomic mass is 10.2. The molecule has 0 saturated carbocycles. The highest BCUT2D eigenvalue weighted by Gasteiger charge is 2.11. The largest absolute Gasteiger partial charge is 0.497 e. The fraction of sp³-hybridized carbons (Fsp3) is 0.211. The second-order valence-electron chi connectivity index (χ2n) is 5.72. The molecule has 1 amide bonds. The summed E-state index contributed by atoms with van der Waals surface area (Å²) in [5, 5.41) is 11.9. The predicted molar refractivity (Wildman–Crippen MR) is 118 cm³/mol. The number of carbonyl (C=O) groups excluding carboxylic acids is 1. The molecule has 3 rings (SSSR count). The summed E-state index contributed by atoms with van der Waals surface area (Å²) in [5.41, 5.74) is 2.77. The molecule has 0 aliphatic rings. The summed E-state index contributed by atoms with van der Waals surface area (Å²) < 4.78 is 6.81. The number of carbonyl (C=O) groups is 1. The van der Waals surface area contributed by atoms with Gasteiger partial charge in [-0.25, -0.2) is 0 Å². The third-order valence-electron chi connectivity index (χ3n) is 3.78. The summed E-state index contributed by atoms with van der Waals surface area (Å²) in [4.78, 5) is 12.2. The average molecular weight is 452 g/mol. The molecule has 0 aliphatic heterocycles. The minimum Gasteiger partial charge on any atom is -0.497 e. The van der Waals surface area contributed by atoms with Gasteiger partial charge in [-0.3, -0.25) is 4.79 Å². The van der Waals surface area contributed by atoms with E-state index in [-0.39, 0.29) is 11.7 Å². The molecule has 0 radical (unpaired) electrons. The highest BCUT2D eigenvalue weighted by atomic mass is 35.5. The third-order valence-corrected chi connectivity index (χ3v) is 7.45. The van der Waals surface area contributed by atoms with Gasteiger partial charge in [-0.1, -0.05) is 64.7 Å². The molecular weight excluding hydrogens is 434 g/mol. The summed E-state index contributed by atoms with van der Waals surface area (Å²) in [6, 6.07) is 13.4. The number of halogens is 1. The van der Waals surface area contributed by atoms with E-state index in [2.05, 4.69) is 15.5 Å². The summed E-state index contributed by atoms with van der Waals surface area (Å²) in [7, 11) is 1.65. The zero-order valence-electron chi connectivity index (χ0n) is 15.3. The summed E-state index contributed by atoms with van der Waals surface area (Å²) in [6.07, 6.45) is 0. The number of nitrogens with one attached hydrogen (secondary N) is 1. The van der Waals surface area contributed by atoms with Gasteiger partial charge in [-0.2, -0.15) is 0 Å². The van der Waals surface area contributed by atoms with Crippen LogP contribution < -0.4 is 10.1 Å². The van der Waals surface area contributed by atoms with Gasteiger partial charge in [0.05, 0.1) is 12.9 Å². The minimum atomic E-state index is -0.0991. The van der Waals surface area contributed by atoms with Crippen LogP contribution in [0.15, 0.2) is 51.1 Å². The van der Waals surface area contributed by atoms with Gasteiger partial charge in [-0.15, -0.1) is 10.2 Å². The standard InChI is InChI=1S/C19H18ClN3O2S3/c1-12-15(20)4-3-5-16(12)21-17(24)11-27-19-23-22-18(28-19)26-10-13-6-8-14(25-2)9-7-13/h3-9H,10-11H2,1-2H3,(H,21,24). The van der Waals surface area contributed by atoms with E-state index in [9.17, 15) is 4.79 Å². The maximum atomic E-state index is 12.2. The lowest BCUT2D eigenvalue weighted by Gasteiger charge is -2.08. The highest BCUT2D eigenvalue weighted by Crippen LogP contribution is 2.31. The molecule has 0 saturated heterocycles. The molecule has 3 aromatic rings. The normalized spacial score (nSPS) is 10.7. The lowest BCUT2D eigenvalue weighted by molar-refractivity contribution is -0.113. The van der Waals surface area contributed by atoms with Crippen molar-refractivity contribution in [3.05, 3.63) is 58.6 Å². The lowest BCUT2D eigenvalue weighted by Crippen LogP contribution is -2.14. The molecular formula is C19H18ClN3O2S3. The topological polar surface area (TPSA) is 64.1 Å². The number of amides is 1. The van der Waals surface area contributed by atoms with Crippen LogP contribution in [0.2, 0.25) is 5.02 Å². The van der Waals surface area contributed by atoms with E-state index in [0.717, 1.165) is 31.4 Å². The van der Waals surface area contributed by atoms with Crippen molar-refractivity contribution in [3.8, 4) is 5.75 Å². The number of anilines is 1. The summed E-state index contributed by atoms with van der Waals surface area (Å²) >= 11 is 10.6. The van der Waals surface area contributed by atoms with Crippen LogP contribution in [0.5, 0.6) is 5.75 Å². The van der Waals surface area contributed by atoms with E-state index in [1.54, 1.807) is 24.9 Å². The van der Waals surface area contributed by atoms with Crippen molar-refractivity contribution < 1.29 is 9.53 Å². The van der Waals surface area contributed by atoms with Crippen LogP contribution in [0.25, 0.3) is 0 Å². The summed E-state index contributed by atoms with van der Waals surface area (Å²) in [6.45, 7) is 1.88. The maximum absolute atomic E-state index is 12.2. The molecule has 5 nitrogen and oxygen atoms in total. The van der Waals surface area contributed by atoms with Crippen LogP contribution in [0.1, 0.15) is 11.1 Å². The average Bonchev–Trinajstić information content (AvgIpc) is 3.17. The van der Waals surface area contributed by atoms with E-state index in [0.29, 0.717) is 5.02 Å². The number of benzene rings is 2. The number of hydrogen-bond donors (Lipinski definition) is 1. The number of methoxy groups -OCH3 is 1. The fourth-order valence-corrected chi connectivity index (χ4v) is 5.19. The minimum absolute atomic E-state index is 0.0991. The Bertz CT molecular complexity index is 948. The Balaban J connectivity index is 1.47. The number of ether oxygens (including phenoxy) is 1. The molecule has 2 aromatic carbocycles. The van der Waals surface area contributed by atoms with Crippen LogP contribution in [-0.2, 0) is 10.5 Å². The summed E-state index contributed by atoms with van der Waals surface area (Å²) in [5.74, 6) is 1.81. The molecule has 1 heterocycles. The first-order chi connectivity index (χ1) is 13.5. The second kappa shape index (κ2) is 10.2. The van der Waals surface area contributed by atoms with Crippen LogP contribution in [0.4, 0.5) is 5.69 Å². The van der Waals surface area contributed by atoms with E-state index in [1.165, 1.54) is 28.7 Å². The van der Waals surface area contributed by atoms with E-state index >= 15 is 0 Å². The van der Waals surface area contributed by atoms with Gasteiger partial charge in [0.1, 0.15) is 5.75 Å². The van der Waals surface area contributed by atoms with Crippen molar-refractivity contribution in [1.82, 2.24) is 10.2 Å². The first kappa shape index (κ1) is 21.0. The Morgan fingerprint density at radius 1 is 1.14 bits per heavy atom. The van der Waals surface area contributed by atoms with Gasteiger partial charge in [0.15, 0.2) is 8.68 Å². The number of thioether (sulfide) groups is 2. The molecule has 0 fully saturated rings. The highest BCUT2D eigenvalue weighted by molar-refractivity contribution is 8.03. The number of rotatable bonds is 8. The van der Waals surface area contributed by atoms with Crippen molar-refractivity contribution >= 4 is 58.1 Å². The molecule has 0 atom stereocenters. The van der Waals surface area contributed by atoms with Crippen LogP contribution in [0.3, 0.4) is 0 Å². The van der Waals surface area contributed by atoms with Gasteiger partial charge in [-0.05, 0) is 42.3 Å². The smallest absolute Gasteiger partial charge is 0.234 e. The van der Waals surface area contributed by atoms with Crippen molar-refractivity contribution in [2.24, 2.45) is 0 Å². The molecule has 0 spiro atoms. The Hall–Kier alpha value is -1.74. The molecule has 1 aromatic heterocycles. The number of hydrogen-bond acceptors (Lipinski definition) is 7. The van der Waals surface area contributed by atoms with E-state index < -0.39 is 0 Å². The fourth-order valence-electron chi connectivity index (χ4n) is 2.24. The molecule has 146 valence electrons. The second-order valence-corrected chi connectivity index (χ2v) is 9.55. The number of nitrogens with zero attached hydrogens (tertiary/aromatic N) is 2. The predicted octanol–water partition coefficient (Wildman–Crippen LogP) is 5.53. The molecule has 0 aliphatic carbocycles. The maximum Gasteiger partial charge on any atom is 0.234 e. The first-order valence-corrected chi connectivity index (χ1v) is 11.5. The van der Waals surface area contributed by atoms with Crippen molar-refractivity contribution in [3.63, 3.8) is 0 Å². The van der Waals surface area contributed by atoms with Crippen LogP contribution >= 0.6 is 46.5 Å². The van der Waals surface area contributed by atoms with Gasteiger partial charge in [0.25, 0.3) is 0 Å². The van der Waals surface area contributed by atoms with Gasteiger partial charge in [0, 0.05) is 16.5 Å². The number of aromatic nitrogens is 2. The van der Waals surface area contributed by atoms with Crippen molar-refractivity contribution in [1.29, 1.82) is 0 Å². The van der Waals surface area contributed by atoms with Gasteiger partial charge < -0.3 is 10.1 Å². The molecule has 9 heteroatoms. The van der Waals surface area contributed by atoms with Gasteiger partial charge in [0.2, 0.25) is 5.91 Å². The molecule has 0 bridgehead atoms. The Labute approximate surface area is 181 Å². The first-order valence-electron chi connectivity index (χ1n) is 8.32. The Kier molecular flexibility index (Phi) is 7.61. The van der Waals surface area contributed by atoms with Crippen molar-refractivity contribution in [2.45, 2.75) is 21.4 Å². The van der Waals surface area contributed by atoms with Crippen LogP contribution in [0, 0.1) is 6.92 Å². The molecule has 1 N–H and O–H groups in total. The zero-order chi connectivity index (χ0) is 19.9. The monoisotopic (exact) mass is 451 g/mol. The Morgan fingerprint density at radius 2 is 1.86 bits per heavy atom. The van der Waals surface area contributed by atoms with E-state index in [1.807, 2.05) is 43.3 Å². The third kappa shape index (κ3) is 5.88. The Morgan fingerprint density at radius 3 is 2.57 bits per heavy atom. The molecule has 0 unspecified atom stereocenters. The zero-order valence-corrected chi connectivity index (χ0v) is 18.5. The SMILES string of the molecule is COc1ccc(CSc2nnc(SCC(=O)Nc3cccc(Cl)c3C)s2)cc1. The van der Waals surface area contributed by atoms with Gasteiger partial charge >= 0.3 is 0 Å². The van der Waals surface area contributed by atoms with Crippen molar-refractivity contribution in [2.75, 3.05) is 18.2 Å². The van der Waals surface area contributed by atoms with Crippen LogP contribution in [-0.4, -0.2) is 29.0 Å². The molecule has 28 heavy (non-hydrogen) atoms. The quantitative estimate of drug-likeness (QED) is 0.454. The van der Waals surface area contributed by atoms with E-state index in [4.69, 9.17) is 16.3 Å².